The molecule has 1 aromatic heterocycles. The summed E-state index contributed by atoms with van der Waals surface area (Å²) in [5.41, 5.74) is 1.31. The molecule has 1 N–H and O–H groups in total. The number of aromatic nitrogens is 1. The van der Waals surface area contributed by atoms with E-state index >= 15 is 0 Å². The van der Waals surface area contributed by atoms with Gasteiger partial charge in [-0.2, -0.15) is 0 Å². The summed E-state index contributed by atoms with van der Waals surface area (Å²) >= 11 is 0. The number of anilines is 1. The molecule has 132 valence electrons. The number of pyridine rings is 1. The highest BCUT2D eigenvalue weighted by Crippen LogP contribution is 2.11. The number of carbonyl (C=O) groups is 1. The number of amides is 1. The zero-order valence-corrected chi connectivity index (χ0v) is 13.8. The predicted molar refractivity (Wildman–Crippen MR) is 90.9 cm³/mol. The molecule has 0 atom stereocenters. The first-order valence-electron chi connectivity index (χ1n) is 8.18. The van der Waals surface area contributed by atoms with E-state index in [0.717, 1.165) is 31.7 Å². The molecular formula is C18H20F2N4O. The molecule has 0 bridgehead atoms. The molecule has 7 heteroatoms. The van der Waals surface area contributed by atoms with Crippen molar-refractivity contribution in [3.8, 4) is 0 Å². The second kappa shape index (κ2) is 8.13. The quantitative estimate of drug-likeness (QED) is 0.901. The molecule has 0 saturated carbocycles. The molecule has 1 amide bonds. The molecule has 1 fully saturated rings. The maximum atomic E-state index is 13.2. The standard InChI is InChI=1S/C18H20F2N4O/c19-15-2-1-3-17(9-15)22-18(25)13-24-6-4-23(5-7-24)12-14-8-16(20)11-21-10-14/h1-3,8-11H,4-7,12-13H2,(H,22,25). The second-order valence-electron chi connectivity index (χ2n) is 6.12. The van der Waals surface area contributed by atoms with Crippen LogP contribution in [0.4, 0.5) is 14.5 Å². The van der Waals surface area contributed by atoms with E-state index in [1.54, 1.807) is 18.3 Å². The first-order chi connectivity index (χ1) is 12.1. The molecule has 5 nitrogen and oxygen atoms in total. The number of nitrogens with one attached hydrogen (secondary N) is 1. The van der Waals surface area contributed by atoms with E-state index in [2.05, 4.69) is 20.1 Å². The maximum absolute atomic E-state index is 13.2. The summed E-state index contributed by atoms with van der Waals surface area (Å²) in [4.78, 5) is 20.2. The predicted octanol–water partition coefficient (Wildman–Crippen LogP) is 2.12. The van der Waals surface area contributed by atoms with Gasteiger partial charge in [-0.3, -0.25) is 19.6 Å². The van der Waals surface area contributed by atoms with Crippen molar-refractivity contribution in [3.05, 3.63) is 59.9 Å². The Morgan fingerprint density at radius 1 is 1.04 bits per heavy atom. The Morgan fingerprint density at radius 3 is 2.52 bits per heavy atom. The lowest BCUT2D eigenvalue weighted by Crippen LogP contribution is -2.48. The summed E-state index contributed by atoms with van der Waals surface area (Å²) in [5.74, 6) is -0.864. The molecule has 1 aliphatic heterocycles. The van der Waals surface area contributed by atoms with E-state index in [1.165, 1.54) is 24.4 Å². The largest absolute Gasteiger partial charge is 0.325 e. The molecule has 1 saturated heterocycles. The Kier molecular flexibility index (Phi) is 5.67. The second-order valence-corrected chi connectivity index (χ2v) is 6.12. The van der Waals surface area contributed by atoms with Crippen molar-refractivity contribution in [2.75, 3.05) is 38.0 Å². The van der Waals surface area contributed by atoms with Crippen LogP contribution in [0.25, 0.3) is 0 Å². The van der Waals surface area contributed by atoms with Crippen LogP contribution in [0.3, 0.4) is 0 Å². The molecule has 2 heterocycles. The van der Waals surface area contributed by atoms with Crippen LogP contribution in [0.1, 0.15) is 5.56 Å². The summed E-state index contributed by atoms with van der Waals surface area (Å²) in [6, 6.07) is 7.34. The molecular weight excluding hydrogens is 326 g/mol. The first kappa shape index (κ1) is 17.4. The van der Waals surface area contributed by atoms with E-state index in [9.17, 15) is 13.6 Å². The van der Waals surface area contributed by atoms with Crippen LogP contribution in [0, 0.1) is 11.6 Å². The fraction of sp³-hybridized carbons (Fsp3) is 0.333. The van der Waals surface area contributed by atoms with Crippen LogP contribution in [-0.2, 0) is 11.3 Å². The van der Waals surface area contributed by atoms with Gasteiger partial charge >= 0.3 is 0 Å². The highest BCUT2D eigenvalue weighted by Gasteiger charge is 2.19. The van der Waals surface area contributed by atoms with Crippen molar-refractivity contribution in [3.63, 3.8) is 0 Å². The monoisotopic (exact) mass is 346 g/mol. The fourth-order valence-corrected chi connectivity index (χ4v) is 2.88. The van der Waals surface area contributed by atoms with Gasteiger partial charge in [-0.25, -0.2) is 8.78 Å². The number of benzene rings is 1. The van der Waals surface area contributed by atoms with E-state index in [-0.39, 0.29) is 24.1 Å². The van der Waals surface area contributed by atoms with Crippen molar-refractivity contribution in [1.82, 2.24) is 14.8 Å². The Bertz CT molecular complexity index is 733. The third kappa shape index (κ3) is 5.30. The van der Waals surface area contributed by atoms with E-state index in [0.29, 0.717) is 12.2 Å². The number of halogens is 2. The van der Waals surface area contributed by atoms with Gasteiger partial charge in [0.05, 0.1) is 12.7 Å². The summed E-state index contributed by atoms with van der Waals surface area (Å²) in [6.07, 6.45) is 2.86. The molecule has 0 radical (unpaired) electrons. The Labute approximate surface area is 145 Å². The normalized spacial score (nSPS) is 15.9. The number of carbonyl (C=O) groups excluding carboxylic acids is 1. The SMILES string of the molecule is O=C(CN1CCN(Cc2cncc(F)c2)CC1)Nc1cccc(F)c1. The summed E-state index contributed by atoms with van der Waals surface area (Å²) in [6.45, 7) is 4.01. The summed E-state index contributed by atoms with van der Waals surface area (Å²) in [5, 5.41) is 2.70. The highest BCUT2D eigenvalue weighted by atomic mass is 19.1. The van der Waals surface area contributed by atoms with Crippen LogP contribution >= 0.6 is 0 Å². The van der Waals surface area contributed by atoms with Gasteiger partial charge in [0.15, 0.2) is 0 Å². The number of rotatable bonds is 5. The number of piperazine rings is 1. The summed E-state index contributed by atoms with van der Waals surface area (Å²) in [7, 11) is 0. The van der Waals surface area contributed by atoms with Crippen molar-refractivity contribution in [2.45, 2.75) is 6.54 Å². The van der Waals surface area contributed by atoms with Gasteiger partial charge in [0.1, 0.15) is 11.6 Å². The third-order valence-corrected chi connectivity index (χ3v) is 4.11. The first-order valence-corrected chi connectivity index (χ1v) is 8.18. The van der Waals surface area contributed by atoms with Gasteiger partial charge in [-0.1, -0.05) is 6.07 Å². The van der Waals surface area contributed by atoms with Crippen LogP contribution in [0.2, 0.25) is 0 Å². The van der Waals surface area contributed by atoms with Crippen molar-refractivity contribution >= 4 is 11.6 Å². The number of hydrogen-bond donors (Lipinski definition) is 1. The number of hydrogen-bond acceptors (Lipinski definition) is 4. The van der Waals surface area contributed by atoms with E-state index in [4.69, 9.17) is 0 Å². The van der Waals surface area contributed by atoms with Gasteiger partial charge in [-0.15, -0.1) is 0 Å². The van der Waals surface area contributed by atoms with Gasteiger partial charge in [0, 0.05) is 44.6 Å². The van der Waals surface area contributed by atoms with Gasteiger partial charge in [0.25, 0.3) is 0 Å². The van der Waals surface area contributed by atoms with E-state index in [1.807, 2.05) is 0 Å². The van der Waals surface area contributed by atoms with Crippen molar-refractivity contribution in [2.24, 2.45) is 0 Å². The average Bonchev–Trinajstić information content (AvgIpc) is 2.57. The minimum Gasteiger partial charge on any atom is -0.325 e. The highest BCUT2D eigenvalue weighted by molar-refractivity contribution is 5.92. The van der Waals surface area contributed by atoms with Crippen molar-refractivity contribution < 1.29 is 13.6 Å². The third-order valence-electron chi connectivity index (χ3n) is 4.11. The molecule has 1 aromatic carbocycles. The van der Waals surface area contributed by atoms with E-state index < -0.39 is 0 Å². The molecule has 2 aromatic rings. The average molecular weight is 346 g/mol. The molecule has 0 aliphatic carbocycles. The van der Waals surface area contributed by atoms with Gasteiger partial charge in [0.2, 0.25) is 5.91 Å². The molecule has 25 heavy (non-hydrogen) atoms. The molecule has 1 aliphatic rings. The number of nitrogens with zero attached hydrogens (tertiary/aromatic N) is 3. The lowest BCUT2D eigenvalue weighted by molar-refractivity contribution is -0.117. The zero-order valence-electron chi connectivity index (χ0n) is 13.8. The molecule has 0 spiro atoms. The Balaban J connectivity index is 1.43. The van der Waals surface area contributed by atoms with Crippen LogP contribution in [0.5, 0.6) is 0 Å². The Morgan fingerprint density at radius 2 is 1.80 bits per heavy atom. The molecule has 3 rings (SSSR count). The van der Waals surface area contributed by atoms with Crippen LogP contribution in [0.15, 0.2) is 42.7 Å². The lowest BCUT2D eigenvalue weighted by atomic mass is 10.2. The van der Waals surface area contributed by atoms with Crippen LogP contribution in [-0.4, -0.2) is 53.4 Å². The smallest absolute Gasteiger partial charge is 0.238 e. The minimum atomic E-state index is -0.377. The lowest BCUT2D eigenvalue weighted by Gasteiger charge is -2.34. The summed E-state index contributed by atoms with van der Waals surface area (Å²) < 4.78 is 26.3. The van der Waals surface area contributed by atoms with Crippen LogP contribution < -0.4 is 5.32 Å². The molecule has 0 unspecified atom stereocenters. The van der Waals surface area contributed by atoms with Gasteiger partial charge < -0.3 is 5.32 Å². The topological polar surface area (TPSA) is 48.5 Å². The minimum absolute atomic E-state index is 0.159. The zero-order chi connectivity index (χ0) is 17.6. The maximum Gasteiger partial charge on any atom is 0.238 e. The van der Waals surface area contributed by atoms with Crippen molar-refractivity contribution in [1.29, 1.82) is 0 Å². The van der Waals surface area contributed by atoms with Gasteiger partial charge in [-0.05, 0) is 29.8 Å². The Hall–Kier alpha value is -2.38. The fourth-order valence-electron chi connectivity index (χ4n) is 2.88.